The summed E-state index contributed by atoms with van der Waals surface area (Å²) >= 11 is 5.89. The van der Waals surface area contributed by atoms with Crippen LogP contribution in [0.2, 0.25) is 0 Å². The van der Waals surface area contributed by atoms with Crippen LogP contribution in [0.4, 0.5) is 0 Å². The lowest BCUT2D eigenvalue weighted by molar-refractivity contribution is -0.931. The smallest absolute Gasteiger partial charge is 0.207 e. The molecule has 29 heavy (non-hydrogen) atoms. The number of likely N-dealkylation sites (tertiary alicyclic amines) is 1. The minimum atomic E-state index is -0.224. The molecule has 1 aliphatic rings. The first-order chi connectivity index (χ1) is 14.0. The minimum absolute atomic E-state index is 0.224. The number of aliphatic hydroxyl groups is 1. The fourth-order valence-corrected chi connectivity index (χ4v) is 4.54. The molecule has 2 N–H and O–H groups in total. The average Bonchev–Trinajstić information content (AvgIpc) is 2.98. The van der Waals surface area contributed by atoms with E-state index in [1.807, 2.05) is 10.7 Å². The summed E-state index contributed by atoms with van der Waals surface area (Å²) < 4.78 is 4.78. The van der Waals surface area contributed by atoms with Gasteiger partial charge in [-0.05, 0) is 56.1 Å². The van der Waals surface area contributed by atoms with E-state index in [9.17, 15) is 5.11 Å². The number of piperidine rings is 1. The van der Waals surface area contributed by atoms with Gasteiger partial charge in [0.1, 0.15) is 18.5 Å². The molecule has 2 heterocycles. The van der Waals surface area contributed by atoms with Crippen molar-refractivity contribution < 1.29 is 10.0 Å². The molecular weight excluding hydrogens is 380 g/mol. The van der Waals surface area contributed by atoms with Gasteiger partial charge in [-0.25, -0.2) is 0 Å². The molecule has 4 rings (SSSR count). The maximum Gasteiger partial charge on any atom is 0.207 e. The maximum atomic E-state index is 10.0. The number of quaternary nitrogens is 1. The Balaban J connectivity index is 1.74. The molecule has 5 nitrogen and oxygen atoms in total. The van der Waals surface area contributed by atoms with Crippen LogP contribution >= 0.6 is 12.2 Å². The second kappa shape index (κ2) is 8.61. The minimum Gasteiger partial charge on any atom is -0.387 e. The highest BCUT2D eigenvalue weighted by Gasteiger charge is 2.23. The van der Waals surface area contributed by atoms with E-state index >= 15 is 0 Å². The van der Waals surface area contributed by atoms with Crippen molar-refractivity contribution in [3.8, 4) is 5.69 Å². The maximum absolute atomic E-state index is 10.0. The van der Waals surface area contributed by atoms with Crippen molar-refractivity contribution in [2.45, 2.75) is 45.9 Å². The van der Waals surface area contributed by atoms with Crippen LogP contribution in [-0.2, 0) is 13.1 Å². The largest absolute Gasteiger partial charge is 0.387 e. The third kappa shape index (κ3) is 4.50. The number of nitrogens with zero attached hydrogens (tertiary/aromatic N) is 3. The van der Waals surface area contributed by atoms with Crippen molar-refractivity contribution >= 4 is 12.2 Å². The number of benzene rings is 2. The first-order valence-corrected chi connectivity index (χ1v) is 10.7. The van der Waals surface area contributed by atoms with E-state index in [1.54, 1.807) is 0 Å². The molecule has 1 aliphatic heterocycles. The second-order valence-corrected chi connectivity index (χ2v) is 8.51. The molecule has 0 radical (unpaired) electrons. The molecule has 2 atom stereocenters. The molecule has 0 amide bonds. The Hall–Kier alpha value is -2.28. The van der Waals surface area contributed by atoms with Crippen molar-refractivity contribution in [1.29, 1.82) is 0 Å². The van der Waals surface area contributed by atoms with Crippen molar-refractivity contribution in [2.24, 2.45) is 0 Å². The van der Waals surface area contributed by atoms with Gasteiger partial charge in [-0.3, -0.25) is 4.57 Å². The normalized spacial score (nSPS) is 19.4. The number of hydrogen-bond acceptors (Lipinski definition) is 3. The van der Waals surface area contributed by atoms with E-state index in [0.29, 0.717) is 6.67 Å². The number of aliphatic hydroxyl groups excluding tert-OH is 1. The molecule has 1 saturated heterocycles. The molecule has 152 valence electrons. The highest BCUT2D eigenvalue weighted by Crippen LogP contribution is 2.20. The number of nitrogens with one attached hydrogen (secondary N) is 1. The van der Waals surface area contributed by atoms with Crippen LogP contribution in [-0.4, -0.2) is 38.6 Å². The Kier molecular flexibility index (Phi) is 5.94. The summed E-state index contributed by atoms with van der Waals surface area (Å²) in [6, 6.07) is 16.8. The van der Waals surface area contributed by atoms with Crippen LogP contribution in [0, 0.1) is 18.6 Å². The Bertz CT molecular complexity index is 1040. The summed E-state index contributed by atoms with van der Waals surface area (Å²) in [5.74, 6) is 0.949. The average molecular weight is 410 g/mol. The van der Waals surface area contributed by atoms with E-state index in [1.165, 1.54) is 21.6 Å². The molecule has 0 saturated carbocycles. The van der Waals surface area contributed by atoms with Crippen LogP contribution in [0.25, 0.3) is 5.69 Å². The van der Waals surface area contributed by atoms with Crippen molar-refractivity contribution in [2.75, 3.05) is 13.1 Å². The van der Waals surface area contributed by atoms with Gasteiger partial charge in [0.25, 0.3) is 0 Å². The summed E-state index contributed by atoms with van der Waals surface area (Å²) in [4.78, 5) is 1.33. The molecule has 0 spiro atoms. The van der Waals surface area contributed by atoms with Gasteiger partial charge in [-0.1, -0.05) is 48.0 Å². The Morgan fingerprint density at radius 1 is 1.17 bits per heavy atom. The number of aromatic nitrogens is 3. The monoisotopic (exact) mass is 409 g/mol. The van der Waals surface area contributed by atoms with Crippen LogP contribution < -0.4 is 4.90 Å². The van der Waals surface area contributed by atoms with Gasteiger partial charge in [0.2, 0.25) is 4.77 Å². The fourth-order valence-electron chi connectivity index (χ4n) is 4.23. The van der Waals surface area contributed by atoms with Crippen molar-refractivity contribution in [3.63, 3.8) is 0 Å². The molecule has 6 heteroatoms. The number of hydrogen-bond donors (Lipinski definition) is 2. The van der Waals surface area contributed by atoms with Crippen molar-refractivity contribution in [1.82, 2.24) is 14.3 Å². The van der Waals surface area contributed by atoms with E-state index < -0.39 is 0 Å². The SMILES string of the molecule is Cc1ccc(-n2c(Cc3ccccc3)nn(C[NH+]3CCC[C@H](O)C3)c2=S)c(C)c1. The fraction of sp³-hybridized carbons (Fsp3) is 0.391. The van der Waals surface area contributed by atoms with Gasteiger partial charge in [-0.2, -0.15) is 9.78 Å². The first kappa shape index (κ1) is 20.0. The number of aryl methyl sites for hydroxylation is 2. The third-order valence-electron chi connectivity index (χ3n) is 5.67. The lowest BCUT2D eigenvalue weighted by Gasteiger charge is -2.26. The zero-order chi connectivity index (χ0) is 20.4. The summed E-state index contributed by atoms with van der Waals surface area (Å²) in [5, 5.41) is 15.0. The topological polar surface area (TPSA) is 47.4 Å². The predicted octanol–water partition coefficient (Wildman–Crippen LogP) is 2.61. The summed E-state index contributed by atoms with van der Waals surface area (Å²) in [7, 11) is 0. The Labute approximate surface area is 177 Å². The van der Waals surface area contributed by atoms with Gasteiger partial charge in [0, 0.05) is 6.42 Å². The van der Waals surface area contributed by atoms with Crippen LogP contribution in [0.1, 0.15) is 35.4 Å². The quantitative estimate of drug-likeness (QED) is 0.637. The first-order valence-electron chi connectivity index (χ1n) is 10.3. The summed E-state index contributed by atoms with van der Waals surface area (Å²) in [5.41, 5.74) is 4.73. The Morgan fingerprint density at radius 3 is 2.69 bits per heavy atom. The summed E-state index contributed by atoms with van der Waals surface area (Å²) in [6.45, 7) is 6.72. The van der Waals surface area contributed by atoms with Gasteiger partial charge < -0.3 is 10.0 Å². The molecule has 0 bridgehead atoms. The van der Waals surface area contributed by atoms with Gasteiger partial charge >= 0.3 is 0 Å². The lowest BCUT2D eigenvalue weighted by Crippen LogP contribution is -3.13. The molecule has 2 aromatic carbocycles. The van der Waals surface area contributed by atoms with E-state index in [2.05, 4.69) is 60.9 Å². The molecule has 1 aromatic heterocycles. The Morgan fingerprint density at radius 2 is 1.97 bits per heavy atom. The molecule has 0 aliphatic carbocycles. The zero-order valence-corrected chi connectivity index (χ0v) is 18.0. The standard InChI is InChI=1S/C23H28N4OS/c1-17-10-11-21(18(2)13-17)27-22(14-19-7-4-3-5-8-19)24-26(23(27)29)16-25-12-6-9-20(28)15-25/h3-5,7-8,10-11,13,20,28H,6,9,12,14-16H2,1-2H3/p+1/t20-/m0/s1. The molecule has 1 unspecified atom stereocenters. The van der Waals surface area contributed by atoms with Crippen LogP contribution in [0.15, 0.2) is 48.5 Å². The molecule has 3 aromatic rings. The van der Waals surface area contributed by atoms with Gasteiger partial charge in [0.05, 0.1) is 12.2 Å². The van der Waals surface area contributed by atoms with Crippen molar-refractivity contribution in [3.05, 3.63) is 75.8 Å². The predicted molar refractivity (Wildman–Crippen MR) is 117 cm³/mol. The van der Waals surface area contributed by atoms with E-state index in [4.69, 9.17) is 17.3 Å². The van der Waals surface area contributed by atoms with Crippen LogP contribution in [0.3, 0.4) is 0 Å². The lowest BCUT2D eigenvalue weighted by atomic mass is 10.1. The van der Waals surface area contributed by atoms with E-state index in [-0.39, 0.29) is 6.10 Å². The molecule has 1 fully saturated rings. The summed E-state index contributed by atoms with van der Waals surface area (Å²) in [6.07, 6.45) is 2.44. The second-order valence-electron chi connectivity index (χ2n) is 8.14. The van der Waals surface area contributed by atoms with E-state index in [0.717, 1.165) is 48.6 Å². The highest BCUT2D eigenvalue weighted by atomic mass is 32.1. The highest BCUT2D eigenvalue weighted by molar-refractivity contribution is 7.71. The van der Waals surface area contributed by atoms with Crippen LogP contribution in [0.5, 0.6) is 0 Å². The van der Waals surface area contributed by atoms with Gasteiger partial charge in [0.15, 0.2) is 6.67 Å². The zero-order valence-electron chi connectivity index (χ0n) is 17.1. The molecular formula is C23H29N4OS+. The number of rotatable bonds is 5. The third-order valence-corrected chi connectivity index (χ3v) is 6.06. The van der Waals surface area contributed by atoms with Gasteiger partial charge in [-0.15, -0.1) is 0 Å².